The Kier molecular flexibility index (Phi) is 7.25. The van der Waals surface area contributed by atoms with E-state index in [1.807, 2.05) is 29.3 Å². The standard InChI is InChI=1S/C27H34N8O2/c1-4-22(5-2)35-24(18-28-25-10-15-37-32-25)16-20-17-29-27(31-26(20)35)30-21-6-8-23(9-7-21)34-13-11-33(12-14-34)19(3)36/h6-10,15-17,22H,4-5,11-14,18H2,1-3H3,(H,28,32)(H,29,30,31). The maximum atomic E-state index is 11.6. The van der Waals surface area contributed by atoms with Crippen LogP contribution in [0.3, 0.4) is 0 Å². The van der Waals surface area contributed by atoms with Crippen molar-refractivity contribution in [1.29, 1.82) is 0 Å². The second kappa shape index (κ2) is 10.9. The highest BCUT2D eigenvalue weighted by atomic mass is 16.5. The third-order valence-electron chi connectivity index (χ3n) is 7.07. The van der Waals surface area contributed by atoms with Gasteiger partial charge >= 0.3 is 0 Å². The molecule has 0 spiro atoms. The summed E-state index contributed by atoms with van der Waals surface area (Å²) < 4.78 is 7.26. The molecule has 0 bridgehead atoms. The fourth-order valence-corrected chi connectivity index (χ4v) is 4.97. The van der Waals surface area contributed by atoms with Gasteiger partial charge in [-0.2, -0.15) is 4.98 Å². The van der Waals surface area contributed by atoms with E-state index >= 15 is 0 Å². The van der Waals surface area contributed by atoms with E-state index in [2.05, 4.69) is 62.3 Å². The highest BCUT2D eigenvalue weighted by Gasteiger charge is 2.20. The highest BCUT2D eigenvalue weighted by molar-refractivity contribution is 5.78. The SMILES string of the molecule is CCC(CC)n1c(CNc2ccon2)cc2cnc(Nc3ccc(N4CCN(C(C)=O)CC4)cc3)nc21. The first-order valence-electron chi connectivity index (χ1n) is 12.9. The minimum Gasteiger partial charge on any atom is -0.368 e. The Bertz CT molecular complexity index is 1320. The maximum absolute atomic E-state index is 11.6. The first kappa shape index (κ1) is 24.6. The number of nitrogens with zero attached hydrogens (tertiary/aromatic N) is 6. The van der Waals surface area contributed by atoms with Gasteiger partial charge in [0.2, 0.25) is 11.9 Å². The molecule has 3 aromatic heterocycles. The molecule has 4 heterocycles. The number of fused-ring (bicyclic) bond motifs is 1. The Morgan fingerprint density at radius 3 is 2.49 bits per heavy atom. The van der Waals surface area contributed by atoms with Crippen LogP contribution in [0.1, 0.15) is 45.3 Å². The maximum Gasteiger partial charge on any atom is 0.229 e. The number of rotatable bonds is 9. The molecule has 194 valence electrons. The topological polar surface area (TPSA) is 104 Å². The first-order chi connectivity index (χ1) is 18.1. The predicted octanol–water partition coefficient (Wildman–Crippen LogP) is 4.80. The number of aromatic nitrogens is 4. The second-order valence-electron chi connectivity index (χ2n) is 9.35. The molecular weight excluding hydrogens is 468 g/mol. The van der Waals surface area contributed by atoms with Gasteiger partial charge in [0.15, 0.2) is 5.82 Å². The Morgan fingerprint density at radius 1 is 1.08 bits per heavy atom. The van der Waals surface area contributed by atoms with E-state index in [0.717, 1.165) is 67.1 Å². The van der Waals surface area contributed by atoms with Gasteiger partial charge in [0.1, 0.15) is 11.9 Å². The normalized spacial score (nSPS) is 13.9. The lowest BCUT2D eigenvalue weighted by Crippen LogP contribution is -2.48. The molecule has 4 aromatic rings. The summed E-state index contributed by atoms with van der Waals surface area (Å²) >= 11 is 0. The van der Waals surface area contributed by atoms with Crippen molar-refractivity contribution in [1.82, 2.24) is 24.6 Å². The molecule has 1 amide bonds. The highest BCUT2D eigenvalue weighted by Crippen LogP contribution is 2.28. The van der Waals surface area contributed by atoms with Gasteiger partial charge in [0.25, 0.3) is 0 Å². The quantitative estimate of drug-likeness (QED) is 0.336. The lowest BCUT2D eigenvalue weighted by atomic mass is 10.1. The Labute approximate surface area is 216 Å². The molecular formula is C27H34N8O2. The van der Waals surface area contributed by atoms with Crippen molar-refractivity contribution >= 4 is 40.1 Å². The molecule has 10 nitrogen and oxygen atoms in total. The van der Waals surface area contributed by atoms with Gasteiger partial charge in [-0.3, -0.25) is 4.79 Å². The predicted molar refractivity (Wildman–Crippen MR) is 145 cm³/mol. The average Bonchev–Trinajstić information content (AvgIpc) is 3.57. The molecule has 0 atom stereocenters. The summed E-state index contributed by atoms with van der Waals surface area (Å²) in [6.45, 7) is 9.86. The zero-order valence-electron chi connectivity index (χ0n) is 21.6. The molecule has 37 heavy (non-hydrogen) atoms. The van der Waals surface area contributed by atoms with Gasteiger partial charge in [-0.1, -0.05) is 19.0 Å². The van der Waals surface area contributed by atoms with Crippen molar-refractivity contribution in [2.45, 2.75) is 46.2 Å². The van der Waals surface area contributed by atoms with Crippen LogP contribution < -0.4 is 15.5 Å². The summed E-state index contributed by atoms with van der Waals surface area (Å²) in [5.41, 5.74) is 4.13. The van der Waals surface area contributed by atoms with Crippen molar-refractivity contribution < 1.29 is 9.32 Å². The lowest BCUT2D eigenvalue weighted by Gasteiger charge is -2.35. The summed E-state index contributed by atoms with van der Waals surface area (Å²) in [4.78, 5) is 25.3. The van der Waals surface area contributed by atoms with Crippen LogP contribution in [-0.2, 0) is 11.3 Å². The van der Waals surface area contributed by atoms with E-state index in [4.69, 9.17) is 9.51 Å². The molecule has 1 aromatic carbocycles. The smallest absolute Gasteiger partial charge is 0.229 e. The third kappa shape index (κ3) is 5.37. The molecule has 0 aliphatic carbocycles. The van der Waals surface area contributed by atoms with Crippen LogP contribution in [0, 0.1) is 0 Å². The lowest BCUT2D eigenvalue weighted by molar-refractivity contribution is -0.129. The fraction of sp³-hybridized carbons (Fsp3) is 0.407. The van der Waals surface area contributed by atoms with Crippen molar-refractivity contribution in [2.75, 3.05) is 41.7 Å². The molecule has 0 unspecified atom stereocenters. The molecule has 2 N–H and O–H groups in total. The molecule has 1 saturated heterocycles. The number of hydrogen-bond acceptors (Lipinski definition) is 8. The number of piperazine rings is 1. The molecule has 1 aliphatic heterocycles. The summed E-state index contributed by atoms with van der Waals surface area (Å²) in [5, 5.41) is 11.7. The number of carbonyl (C=O) groups is 1. The number of hydrogen-bond donors (Lipinski definition) is 2. The van der Waals surface area contributed by atoms with Gasteiger partial charge < -0.3 is 29.5 Å². The Balaban J connectivity index is 1.33. The van der Waals surface area contributed by atoms with Crippen LogP contribution >= 0.6 is 0 Å². The van der Waals surface area contributed by atoms with Crippen molar-refractivity contribution in [3.8, 4) is 0 Å². The zero-order valence-corrected chi connectivity index (χ0v) is 21.6. The van der Waals surface area contributed by atoms with Crippen molar-refractivity contribution in [2.24, 2.45) is 0 Å². The van der Waals surface area contributed by atoms with Gasteiger partial charge in [0.05, 0.1) is 6.54 Å². The molecule has 5 rings (SSSR count). The van der Waals surface area contributed by atoms with Crippen LogP contribution in [-0.4, -0.2) is 56.7 Å². The number of anilines is 4. The molecule has 0 saturated carbocycles. The van der Waals surface area contributed by atoms with Gasteiger partial charge in [-0.15, -0.1) is 0 Å². The first-order valence-corrected chi connectivity index (χ1v) is 12.9. The largest absolute Gasteiger partial charge is 0.368 e. The summed E-state index contributed by atoms with van der Waals surface area (Å²) in [5.74, 6) is 1.42. The van der Waals surface area contributed by atoms with Crippen LogP contribution in [0.5, 0.6) is 0 Å². The third-order valence-corrected chi connectivity index (χ3v) is 7.07. The number of benzene rings is 1. The molecule has 1 aliphatic rings. The number of nitrogens with one attached hydrogen (secondary N) is 2. The van der Waals surface area contributed by atoms with E-state index in [0.29, 0.717) is 24.4 Å². The Morgan fingerprint density at radius 2 is 1.84 bits per heavy atom. The van der Waals surface area contributed by atoms with Gasteiger partial charge in [-0.05, 0) is 43.2 Å². The van der Waals surface area contributed by atoms with Crippen molar-refractivity contribution in [3.05, 3.63) is 54.6 Å². The average molecular weight is 503 g/mol. The minimum absolute atomic E-state index is 0.143. The summed E-state index contributed by atoms with van der Waals surface area (Å²) in [6, 6.07) is 12.6. The molecule has 1 fully saturated rings. The van der Waals surface area contributed by atoms with E-state index in [1.165, 1.54) is 0 Å². The molecule has 0 radical (unpaired) electrons. The van der Waals surface area contributed by atoms with Gasteiger partial charge in [-0.25, -0.2) is 4.98 Å². The van der Waals surface area contributed by atoms with Gasteiger partial charge in [0, 0.05) is 73.9 Å². The monoisotopic (exact) mass is 502 g/mol. The van der Waals surface area contributed by atoms with E-state index < -0.39 is 0 Å². The molecule has 10 heteroatoms. The van der Waals surface area contributed by atoms with E-state index in [9.17, 15) is 4.79 Å². The van der Waals surface area contributed by atoms with E-state index in [-0.39, 0.29) is 5.91 Å². The minimum atomic E-state index is 0.143. The van der Waals surface area contributed by atoms with E-state index in [1.54, 1.807) is 13.2 Å². The fourth-order valence-electron chi connectivity index (χ4n) is 4.97. The number of amides is 1. The second-order valence-corrected chi connectivity index (χ2v) is 9.35. The summed E-state index contributed by atoms with van der Waals surface area (Å²) in [6.07, 6.45) is 5.45. The summed E-state index contributed by atoms with van der Waals surface area (Å²) in [7, 11) is 0. The number of carbonyl (C=O) groups excluding carboxylic acids is 1. The van der Waals surface area contributed by atoms with Crippen LogP contribution in [0.2, 0.25) is 0 Å². The Hall–Kier alpha value is -4.08. The zero-order chi connectivity index (χ0) is 25.8. The van der Waals surface area contributed by atoms with Crippen LogP contribution in [0.4, 0.5) is 23.1 Å². The van der Waals surface area contributed by atoms with Crippen LogP contribution in [0.15, 0.2) is 53.4 Å². The van der Waals surface area contributed by atoms with Crippen LogP contribution in [0.25, 0.3) is 11.0 Å². The van der Waals surface area contributed by atoms with Crippen molar-refractivity contribution in [3.63, 3.8) is 0 Å².